The fourth-order valence-electron chi connectivity index (χ4n) is 4.17. The fourth-order valence-corrected chi connectivity index (χ4v) is 4.17. The van der Waals surface area contributed by atoms with Crippen molar-refractivity contribution >= 4 is 17.9 Å². The summed E-state index contributed by atoms with van der Waals surface area (Å²) in [5, 5.41) is 20.4. The van der Waals surface area contributed by atoms with Crippen molar-refractivity contribution in [1.82, 2.24) is 10.2 Å². The second-order valence-corrected chi connectivity index (χ2v) is 8.83. The van der Waals surface area contributed by atoms with E-state index in [2.05, 4.69) is 5.32 Å². The lowest BCUT2D eigenvalue weighted by Crippen LogP contribution is -2.38. The minimum Gasteiger partial charge on any atom is -0.490 e. The molecule has 1 saturated heterocycles. The van der Waals surface area contributed by atoms with E-state index < -0.39 is 24.3 Å². The first-order chi connectivity index (χ1) is 18.4. The Kier molecular flexibility index (Phi) is 8.91. The normalized spacial score (nSPS) is 15.6. The first-order valence-electron chi connectivity index (χ1n) is 12.2. The Balaban J connectivity index is 1.33. The lowest BCUT2D eigenvalue weighted by molar-refractivity contribution is -0.163. The summed E-state index contributed by atoms with van der Waals surface area (Å²) in [5.74, 6) is 5.38. The van der Waals surface area contributed by atoms with Crippen molar-refractivity contribution < 1.29 is 29.0 Å². The van der Waals surface area contributed by atoms with Crippen molar-refractivity contribution in [3.8, 4) is 5.75 Å². The van der Waals surface area contributed by atoms with Crippen LogP contribution in [-0.4, -0.2) is 59.7 Å². The standard InChI is InChI=1S/C28H30N4O6/c29-26(31-22-15-16-32(17-22)28(34)35)21-11-13-23(14-12-21)36-18-24(38-30)27(33)37-25(19-7-3-1-4-8-19)20-9-5-2-6-10-20/h1-14,22,24-25H,15-18,30H2,(H2,29,31)(H,34,35)/t22-,24?/m0/s1. The highest BCUT2D eigenvalue weighted by Crippen LogP contribution is 2.26. The Labute approximate surface area is 220 Å². The number of nitrogens with two attached hydrogens (primary N) is 1. The summed E-state index contributed by atoms with van der Waals surface area (Å²) in [6.45, 7) is 0.607. The number of amidine groups is 1. The molecule has 0 aliphatic carbocycles. The third-order valence-electron chi connectivity index (χ3n) is 6.22. The van der Waals surface area contributed by atoms with Crippen LogP contribution in [0.25, 0.3) is 0 Å². The van der Waals surface area contributed by atoms with E-state index >= 15 is 0 Å². The maximum atomic E-state index is 12.9. The van der Waals surface area contributed by atoms with E-state index in [-0.39, 0.29) is 18.5 Å². The number of nitrogens with zero attached hydrogens (tertiary/aromatic N) is 1. The summed E-state index contributed by atoms with van der Waals surface area (Å²) in [7, 11) is 0. The molecule has 1 fully saturated rings. The molecule has 10 nitrogen and oxygen atoms in total. The van der Waals surface area contributed by atoms with E-state index in [9.17, 15) is 9.59 Å². The highest BCUT2D eigenvalue weighted by atomic mass is 16.7. The van der Waals surface area contributed by atoms with E-state index in [4.69, 9.17) is 30.7 Å². The van der Waals surface area contributed by atoms with E-state index in [1.807, 2.05) is 60.7 Å². The second kappa shape index (κ2) is 12.7. The lowest BCUT2D eigenvalue weighted by atomic mass is 10.0. The lowest BCUT2D eigenvalue weighted by Gasteiger charge is -2.22. The van der Waals surface area contributed by atoms with Gasteiger partial charge in [-0.25, -0.2) is 15.5 Å². The highest BCUT2D eigenvalue weighted by Gasteiger charge is 2.28. The minimum absolute atomic E-state index is 0.112. The molecule has 10 heteroatoms. The largest absolute Gasteiger partial charge is 0.490 e. The van der Waals surface area contributed by atoms with Crippen LogP contribution in [0.5, 0.6) is 5.75 Å². The average Bonchev–Trinajstić information content (AvgIpc) is 3.42. The summed E-state index contributed by atoms with van der Waals surface area (Å²) in [6, 6.07) is 25.4. The number of benzene rings is 3. The van der Waals surface area contributed by atoms with Gasteiger partial charge in [0.2, 0.25) is 6.10 Å². The Morgan fingerprint density at radius 1 is 1.00 bits per heavy atom. The zero-order valence-electron chi connectivity index (χ0n) is 20.7. The summed E-state index contributed by atoms with van der Waals surface area (Å²) >= 11 is 0. The Morgan fingerprint density at radius 3 is 2.13 bits per heavy atom. The van der Waals surface area contributed by atoms with Crippen molar-refractivity contribution in [3.05, 3.63) is 102 Å². The van der Waals surface area contributed by atoms with Gasteiger partial charge in [0.05, 0.1) is 0 Å². The van der Waals surface area contributed by atoms with Gasteiger partial charge >= 0.3 is 12.1 Å². The molecule has 1 amide bonds. The number of hydrogen-bond acceptors (Lipinski definition) is 7. The first kappa shape index (κ1) is 26.6. The maximum Gasteiger partial charge on any atom is 0.407 e. The van der Waals surface area contributed by atoms with Crippen LogP contribution in [-0.2, 0) is 14.4 Å². The Morgan fingerprint density at radius 2 is 1.61 bits per heavy atom. The van der Waals surface area contributed by atoms with Gasteiger partial charge in [-0.2, -0.15) is 0 Å². The highest BCUT2D eigenvalue weighted by molar-refractivity contribution is 5.96. The van der Waals surface area contributed by atoms with E-state index in [0.717, 1.165) is 11.1 Å². The topological polar surface area (TPSA) is 147 Å². The molecule has 2 atom stereocenters. The van der Waals surface area contributed by atoms with Crippen LogP contribution in [0.15, 0.2) is 84.9 Å². The predicted molar refractivity (Wildman–Crippen MR) is 140 cm³/mol. The first-order valence-corrected chi connectivity index (χ1v) is 12.2. The molecule has 1 unspecified atom stereocenters. The van der Waals surface area contributed by atoms with Crippen LogP contribution < -0.4 is 16.0 Å². The molecular formula is C28H30N4O6. The molecule has 0 radical (unpaired) electrons. The van der Waals surface area contributed by atoms with Crippen LogP contribution in [0, 0.1) is 5.41 Å². The molecule has 0 spiro atoms. The Hall–Kier alpha value is -4.41. The van der Waals surface area contributed by atoms with E-state index in [1.54, 1.807) is 24.3 Å². The minimum atomic E-state index is -1.16. The van der Waals surface area contributed by atoms with Gasteiger partial charge < -0.3 is 24.8 Å². The number of carboxylic acid groups (broad SMARTS) is 1. The predicted octanol–water partition coefficient (Wildman–Crippen LogP) is 3.32. The van der Waals surface area contributed by atoms with E-state index in [1.165, 1.54) is 4.90 Å². The fraction of sp³-hybridized carbons (Fsp3) is 0.250. The number of rotatable bonds is 10. The number of likely N-dealkylation sites (tertiary alicyclic amines) is 1. The van der Waals surface area contributed by atoms with Crippen LogP contribution in [0.3, 0.4) is 0 Å². The molecule has 3 aromatic rings. The van der Waals surface area contributed by atoms with Crippen LogP contribution in [0.2, 0.25) is 0 Å². The zero-order chi connectivity index (χ0) is 26.9. The third kappa shape index (κ3) is 6.87. The smallest absolute Gasteiger partial charge is 0.407 e. The van der Waals surface area contributed by atoms with Crippen LogP contribution >= 0.6 is 0 Å². The molecule has 0 aromatic heterocycles. The summed E-state index contributed by atoms with van der Waals surface area (Å²) in [4.78, 5) is 30.2. The van der Waals surface area contributed by atoms with Gasteiger partial charge in [-0.05, 0) is 41.8 Å². The molecule has 4 rings (SSSR count). The maximum absolute atomic E-state index is 12.9. The quantitative estimate of drug-likeness (QED) is 0.138. The Bertz CT molecular complexity index is 1180. The summed E-state index contributed by atoms with van der Waals surface area (Å²) in [6.07, 6.45) is -2.12. The molecule has 1 heterocycles. The van der Waals surface area contributed by atoms with Gasteiger partial charge in [0.15, 0.2) is 6.10 Å². The van der Waals surface area contributed by atoms with Gasteiger partial charge in [0.25, 0.3) is 0 Å². The zero-order valence-corrected chi connectivity index (χ0v) is 20.7. The number of ether oxygens (including phenoxy) is 2. The molecule has 38 heavy (non-hydrogen) atoms. The number of carbonyl (C=O) groups excluding carboxylic acids is 1. The molecule has 1 aliphatic heterocycles. The molecule has 3 aromatic carbocycles. The molecule has 0 bridgehead atoms. The van der Waals surface area contributed by atoms with Gasteiger partial charge in [-0.15, -0.1) is 0 Å². The van der Waals surface area contributed by atoms with Crippen molar-refractivity contribution in [1.29, 1.82) is 5.41 Å². The second-order valence-electron chi connectivity index (χ2n) is 8.83. The number of hydrogen-bond donors (Lipinski definition) is 4. The van der Waals surface area contributed by atoms with Crippen molar-refractivity contribution in [3.63, 3.8) is 0 Å². The molecule has 198 valence electrons. The van der Waals surface area contributed by atoms with Crippen molar-refractivity contribution in [2.75, 3.05) is 19.7 Å². The number of amides is 1. The molecular weight excluding hydrogens is 488 g/mol. The van der Waals surface area contributed by atoms with Crippen molar-refractivity contribution in [2.45, 2.75) is 24.7 Å². The SMILES string of the molecule is N=C(N[C@H]1CCN(C(=O)O)C1)c1ccc(OCC(ON)C(=O)OC(c2ccccc2)c2ccccc2)cc1. The molecule has 5 N–H and O–H groups in total. The summed E-state index contributed by atoms with van der Waals surface area (Å²) < 4.78 is 11.5. The summed E-state index contributed by atoms with van der Waals surface area (Å²) in [5.41, 5.74) is 2.23. The number of nitrogens with one attached hydrogen (secondary N) is 2. The molecule has 0 saturated carbocycles. The number of esters is 1. The van der Waals surface area contributed by atoms with Crippen molar-refractivity contribution in [2.24, 2.45) is 5.90 Å². The number of carbonyl (C=O) groups is 2. The van der Waals surface area contributed by atoms with E-state index in [0.29, 0.717) is 30.8 Å². The van der Waals surface area contributed by atoms with Gasteiger partial charge in [0.1, 0.15) is 18.2 Å². The van der Waals surface area contributed by atoms with Gasteiger partial charge in [0, 0.05) is 24.7 Å². The van der Waals surface area contributed by atoms with Crippen LogP contribution in [0.1, 0.15) is 29.2 Å². The van der Waals surface area contributed by atoms with Gasteiger partial charge in [-0.3, -0.25) is 10.2 Å². The average molecular weight is 519 g/mol. The monoisotopic (exact) mass is 518 g/mol. The van der Waals surface area contributed by atoms with Gasteiger partial charge in [-0.1, -0.05) is 60.7 Å². The van der Waals surface area contributed by atoms with Crippen LogP contribution in [0.4, 0.5) is 4.79 Å². The molecule has 1 aliphatic rings. The third-order valence-corrected chi connectivity index (χ3v) is 6.22.